The molecule has 1 aromatic carbocycles. The first-order valence-corrected chi connectivity index (χ1v) is 10.6. The molecule has 3 rings (SSSR count). The maximum atomic E-state index is 13.5. The van der Waals surface area contributed by atoms with Crippen LogP contribution in [0.2, 0.25) is 0 Å². The van der Waals surface area contributed by atoms with Gasteiger partial charge in [0.1, 0.15) is 18.7 Å². The lowest BCUT2D eigenvalue weighted by Gasteiger charge is -2.35. The first-order chi connectivity index (χ1) is 14.5. The zero-order chi connectivity index (χ0) is 22.9. The number of carbonyl (C=O) groups excluding carboxylic acids is 4. The number of hydrogen-bond acceptors (Lipinski definition) is 5. The van der Waals surface area contributed by atoms with E-state index in [2.05, 4.69) is 10.6 Å². The van der Waals surface area contributed by atoms with E-state index in [1.807, 2.05) is 27.7 Å². The van der Waals surface area contributed by atoms with Crippen molar-refractivity contribution in [3.8, 4) is 0 Å². The van der Waals surface area contributed by atoms with Crippen LogP contribution in [-0.2, 0) is 25.7 Å². The van der Waals surface area contributed by atoms with Crippen molar-refractivity contribution in [2.75, 3.05) is 13.2 Å². The Labute approximate surface area is 182 Å². The van der Waals surface area contributed by atoms with Crippen LogP contribution in [0.3, 0.4) is 0 Å². The Hall–Kier alpha value is -2.74. The molecule has 3 amide bonds. The summed E-state index contributed by atoms with van der Waals surface area (Å²) >= 11 is 0. The minimum Gasteiger partial charge on any atom is -0.367 e. The highest BCUT2D eigenvalue weighted by Crippen LogP contribution is 2.33. The first-order valence-electron chi connectivity index (χ1n) is 10.6. The summed E-state index contributed by atoms with van der Waals surface area (Å²) in [5, 5.41) is 5.58. The Kier molecular flexibility index (Phi) is 6.50. The van der Waals surface area contributed by atoms with E-state index >= 15 is 0 Å². The fraction of sp³-hybridized carbons (Fsp3) is 0.565. The lowest BCUT2D eigenvalue weighted by atomic mass is 9.85. The number of nitrogens with zero attached hydrogens (tertiary/aromatic N) is 1. The molecule has 2 aliphatic heterocycles. The van der Waals surface area contributed by atoms with Crippen LogP contribution in [0.4, 0.5) is 0 Å². The van der Waals surface area contributed by atoms with Gasteiger partial charge in [-0.2, -0.15) is 0 Å². The van der Waals surface area contributed by atoms with E-state index in [-0.39, 0.29) is 42.1 Å². The quantitative estimate of drug-likeness (QED) is 0.734. The Bertz CT molecular complexity index is 874. The van der Waals surface area contributed by atoms with Gasteiger partial charge in [0.15, 0.2) is 5.78 Å². The molecule has 2 aliphatic rings. The second-order valence-electron chi connectivity index (χ2n) is 9.53. The van der Waals surface area contributed by atoms with Gasteiger partial charge in [0.05, 0.1) is 6.10 Å². The lowest BCUT2D eigenvalue weighted by molar-refractivity contribution is -0.140. The molecule has 2 heterocycles. The number of Topliss-reactive ketones (excluding diaryl/α,β-unsaturated/α-hetero) is 1. The predicted molar refractivity (Wildman–Crippen MR) is 114 cm³/mol. The van der Waals surface area contributed by atoms with Crippen molar-refractivity contribution in [1.82, 2.24) is 15.5 Å². The average Bonchev–Trinajstić information content (AvgIpc) is 3.24. The molecule has 8 nitrogen and oxygen atoms in total. The van der Waals surface area contributed by atoms with Crippen molar-refractivity contribution in [3.63, 3.8) is 0 Å². The van der Waals surface area contributed by atoms with E-state index in [9.17, 15) is 19.2 Å². The van der Waals surface area contributed by atoms with Gasteiger partial charge in [0.25, 0.3) is 5.91 Å². The van der Waals surface area contributed by atoms with Crippen molar-refractivity contribution in [2.24, 2.45) is 11.3 Å². The van der Waals surface area contributed by atoms with Gasteiger partial charge in [-0.1, -0.05) is 39.8 Å². The SMILES string of the molecule is CC(=O)NCc1ccc(C(=O)N[C@H](C(=O)N2C[C@@H](C)[C@H]3OCC(=O)[C@H]32)C(C)(C)C)cc1. The van der Waals surface area contributed by atoms with Gasteiger partial charge in [0.2, 0.25) is 11.8 Å². The smallest absolute Gasteiger partial charge is 0.251 e. The molecule has 168 valence electrons. The second-order valence-corrected chi connectivity index (χ2v) is 9.53. The van der Waals surface area contributed by atoms with E-state index in [0.29, 0.717) is 18.7 Å². The Morgan fingerprint density at radius 3 is 2.42 bits per heavy atom. The summed E-state index contributed by atoms with van der Waals surface area (Å²) < 4.78 is 5.59. The largest absolute Gasteiger partial charge is 0.367 e. The highest BCUT2D eigenvalue weighted by Gasteiger charge is 2.52. The van der Waals surface area contributed by atoms with Crippen molar-refractivity contribution < 1.29 is 23.9 Å². The molecule has 0 saturated carbocycles. The molecule has 0 unspecified atom stereocenters. The molecule has 8 heteroatoms. The average molecular weight is 430 g/mol. The third kappa shape index (κ3) is 4.95. The van der Waals surface area contributed by atoms with Gasteiger partial charge < -0.3 is 20.3 Å². The van der Waals surface area contributed by atoms with Crippen LogP contribution in [0, 0.1) is 11.3 Å². The number of fused-ring (bicyclic) bond motifs is 1. The van der Waals surface area contributed by atoms with Crippen molar-refractivity contribution >= 4 is 23.5 Å². The molecule has 0 aliphatic carbocycles. The number of likely N-dealkylation sites (tertiary alicyclic amines) is 1. The van der Waals surface area contributed by atoms with E-state index in [1.54, 1.807) is 29.2 Å². The third-order valence-electron chi connectivity index (χ3n) is 5.87. The summed E-state index contributed by atoms with van der Waals surface area (Å²) in [6, 6.07) is 5.49. The minimum atomic E-state index is -0.793. The van der Waals surface area contributed by atoms with Gasteiger partial charge >= 0.3 is 0 Å². The number of benzene rings is 1. The van der Waals surface area contributed by atoms with Gasteiger partial charge in [0, 0.05) is 31.5 Å². The van der Waals surface area contributed by atoms with Gasteiger partial charge in [-0.3, -0.25) is 19.2 Å². The van der Waals surface area contributed by atoms with E-state index in [0.717, 1.165) is 5.56 Å². The van der Waals surface area contributed by atoms with Crippen LogP contribution in [0.5, 0.6) is 0 Å². The number of ketones is 1. The number of nitrogens with one attached hydrogen (secondary N) is 2. The normalized spacial score (nSPS) is 24.0. The molecule has 31 heavy (non-hydrogen) atoms. The minimum absolute atomic E-state index is 0.0286. The summed E-state index contributed by atoms with van der Waals surface area (Å²) in [5.74, 6) is -0.777. The zero-order valence-electron chi connectivity index (χ0n) is 18.7. The Morgan fingerprint density at radius 2 is 1.84 bits per heavy atom. The maximum absolute atomic E-state index is 13.5. The fourth-order valence-electron chi connectivity index (χ4n) is 4.15. The molecule has 0 aromatic heterocycles. The van der Waals surface area contributed by atoms with Crippen LogP contribution in [0.15, 0.2) is 24.3 Å². The fourth-order valence-corrected chi connectivity index (χ4v) is 4.15. The van der Waals surface area contributed by atoms with Crippen molar-refractivity contribution in [1.29, 1.82) is 0 Å². The van der Waals surface area contributed by atoms with Crippen LogP contribution < -0.4 is 10.6 Å². The molecule has 4 atom stereocenters. The number of rotatable bonds is 5. The highest BCUT2D eigenvalue weighted by molar-refractivity contribution is 5.99. The molecule has 0 radical (unpaired) electrons. The predicted octanol–water partition coefficient (Wildman–Crippen LogP) is 1.28. The monoisotopic (exact) mass is 429 g/mol. The van der Waals surface area contributed by atoms with Crippen molar-refractivity contribution in [3.05, 3.63) is 35.4 Å². The number of hydrogen-bond donors (Lipinski definition) is 2. The third-order valence-corrected chi connectivity index (χ3v) is 5.87. The summed E-state index contributed by atoms with van der Waals surface area (Å²) in [4.78, 5) is 51.3. The molecule has 2 saturated heterocycles. The van der Waals surface area contributed by atoms with E-state index < -0.39 is 17.5 Å². The number of carbonyl (C=O) groups is 4. The van der Waals surface area contributed by atoms with Crippen LogP contribution in [0.1, 0.15) is 50.5 Å². The molecule has 2 N–H and O–H groups in total. The number of amides is 3. The Balaban J connectivity index is 1.74. The van der Waals surface area contributed by atoms with Crippen LogP contribution >= 0.6 is 0 Å². The summed E-state index contributed by atoms with van der Waals surface area (Å²) in [5.41, 5.74) is 0.732. The summed E-state index contributed by atoms with van der Waals surface area (Å²) in [6.45, 7) is 9.91. The molecular weight excluding hydrogens is 398 g/mol. The topological polar surface area (TPSA) is 105 Å². The molecular formula is C23H31N3O5. The lowest BCUT2D eigenvalue weighted by Crippen LogP contribution is -2.57. The van der Waals surface area contributed by atoms with Gasteiger partial charge in [-0.25, -0.2) is 0 Å². The Morgan fingerprint density at radius 1 is 1.19 bits per heavy atom. The second kappa shape index (κ2) is 8.78. The summed E-state index contributed by atoms with van der Waals surface area (Å²) in [6.07, 6.45) is -0.274. The van der Waals surface area contributed by atoms with E-state index in [1.165, 1.54) is 6.92 Å². The standard InChI is InChI=1S/C23H31N3O5/c1-13-11-26(18-17(28)12-31-19(13)18)22(30)20(23(3,4)5)25-21(29)16-8-6-15(7-9-16)10-24-14(2)27/h6-9,13,18-20H,10-12H2,1-5H3,(H,24,27)(H,25,29)/t13-,18-,19-,20-/m1/s1. The zero-order valence-corrected chi connectivity index (χ0v) is 18.7. The van der Waals surface area contributed by atoms with Crippen molar-refractivity contribution in [2.45, 2.75) is 59.4 Å². The number of ether oxygens (including phenoxy) is 1. The van der Waals surface area contributed by atoms with Crippen LogP contribution in [-0.4, -0.2) is 59.7 Å². The van der Waals surface area contributed by atoms with Crippen LogP contribution in [0.25, 0.3) is 0 Å². The van der Waals surface area contributed by atoms with Gasteiger partial charge in [-0.05, 0) is 23.1 Å². The molecule has 1 aromatic rings. The maximum Gasteiger partial charge on any atom is 0.251 e. The molecule has 0 bridgehead atoms. The first kappa shape index (κ1) is 22.9. The van der Waals surface area contributed by atoms with E-state index in [4.69, 9.17) is 4.74 Å². The summed E-state index contributed by atoms with van der Waals surface area (Å²) in [7, 11) is 0. The highest BCUT2D eigenvalue weighted by atomic mass is 16.5. The molecule has 0 spiro atoms. The molecule has 2 fully saturated rings. The van der Waals surface area contributed by atoms with Gasteiger partial charge in [-0.15, -0.1) is 0 Å².